The molecule has 2 aromatic rings. The van der Waals surface area contributed by atoms with Crippen molar-refractivity contribution in [1.29, 1.82) is 0 Å². The SMILES string of the molecule is CC(NC1CCCC(O)C1)c1ccc(-n2ccnc2)cc1. The summed E-state index contributed by atoms with van der Waals surface area (Å²) in [6, 6.07) is 9.28. The molecule has 0 amide bonds. The third kappa shape index (κ3) is 3.52. The van der Waals surface area contributed by atoms with Crippen molar-refractivity contribution >= 4 is 0 Å². The van der Waals surface area contributed by atoms with Crippen LogP contribution in [-0.2, 0) is 0 Å². The number of aliphatic hydroxyl groups is 1. The maximum atomic E-state index is 9.76. The number of hydrogen-bond acceptors (Lipinski definition) is 3. The number of benzene rings is 1. The summed E-state index contributed by atoms with van der Waals surface area (Å²) in [4.78, 5) is 4.07. The third-order valence-electron chi connectivity index (χ3n) is 4.33. The molecule has 2 N–H and O–H groups in total. The Balaban J connectivity index is 1.63. The molecule has 1 aliphatic carbocycles. The maximum Gasteiger partial charge on any atom is 0.0991 e. The van der Waals surface area contributed by atoms with Gasteiger partial charge in [0.15, 0.2) is 0 Å². The van der Waals surface area contributed by atoms with Crippen molar-refractivity contribution in [2.75, 3.05) is 0 Å². The first-order valence-electron chi connectivity index (χ1n) is 7.75. The van der Waals surface area contributed by atoms with E-state index in [0.29, 0.717) is 12.1 Å². The van der Waals surface area contributed by atoms with Gasteiger partial charge in [0.2, 0.25) is 0 Å². The minimum absolute atomic E-state index is 0.132. The maximum absolute atomic E-state index is 9.76. The molecule has 0 radical (unpaired) electrons. The first-order chi connectivity index (χ1) is 10.2. The summed E-state index contributed by atoms with van der Waals surface area (Å²) < 4.78 is 2.00. The number of rotatable bonds is 4. The number of nitrogens with zero attached hydrogens (tertiary/aromatic N) is 2. The summed E-state index contributed by atoms with van der Waals surface area (Å²) in [5.74, 6) is 0. The van der Waals surface area contributed by atoms with Crippen LogP contribution >= 0.6 is 0 Å². The second kappa shape index (κ2) is 6.41. The lowest BCUT2D eigenvalue weighted by Crippen LogP contribution is -2.37. The molecule has 21 heavy (non-hydrogen) atoms. The van der Waals surface area contributed by atoms with Crippen LogP contribution in [0.15, 0.2) is 43.0 Å². The molecule has 1 fully saturated rings. The van der Waals surface area contributed by atoms with Crippen molar-refractivity contribution in [2.24, 2.45) is 0 Å². The van der Waals surface area contributed by atoms with Crippen LogP contribution in [0, 0.1) is 0 Å². The lowest BCUT2D eigenvalue weighted by atomic mass is 9.92. The number of hydrogen-bond donors (Lipinski definition) is 2. The molecule has 0 spiro atoms. The first-order valence-corrected chi connectivity index (χ1v) is 7.75. The number of aliphatic hydroxyl groups excluding tert-OH is 1. The van der Waals surface area contributed by atoms with Gasteiger partial charge in [0.1, 0.15) is 0 Å². The molecule has 112 valence electrons. The standard InChI is InChI=1S/C17H23N3O/c1-13(19-15-3-2-4-17(21)11-15)14-5-7-16(8-6-14)20-10-9-18-12-20/h5-10,12-13,15,17,19,21H,2-4,11H2,1H3. The van der Waals surface area contributed by atoms with E-state index < -0.39 is 0 Å². The molecule has 1 aromatic carbocycles. The zero-order chi connectivity index (χ0) is 14.7. The number of nitrogens with one attached hydrogen (secondary N) is 1. The van der Waals surface area contributed by atoms with Gasteiger partial charge < -0.3 is 15.0 Å². The Kier molecular flexibility index (Phi) is 4.36. The molecule has 1 saturated carbocycles. The Morgan fingerprint density at radius 2 is 2.10 bits per heavy atom. The molecule has 3 unspecified atom stereocenters. The summed E-state index contributed by atoms with van der Waals surface area (Å²) in [6.45, 7) is 2.19. The van der Waals surface area contributed by atoms with Gasteiger partial charge in [-0.2, -0.15) is 0 Å². The van der Waals surface area contributed by atoms with E-state index in [1.807, 2.05) is 10.8 Å². The molecule has 0 bridgehead atoms. The van der Waals surface area contributed by atoms with Crippen LogP contribution < -0.4 is 5.32 Å². The molecule has 0 saturated heterocycles. The van der Waals surface area contributed by atoms with Gasteiger partial charge >= 0.3 is 0 Å². The van der Waals surface area contributed by atoms with Crippen LogP contribution in [0.2, 0.25) is 0 Å². The van der Waals surface area contributed by atoms with Crippen molar-refractivity contribution < 1.29 is 5.11 Å². The number of imidazole rings is 1. The predicted molar refractivity (Wildman–Crippen MR) is 83.4 cm³/mol. The molecule has 4 heteroatoms. The molecular formula is C17H23N3O. The number of aromatic nitrogens is 2. The molecule has 1 aromatic heterocycles. The van der Waals surface area contributed by atoms with Gasteiger partial charge in [0, 0.05) is 30.2 Å². The van der Waals surface area contributed by atoms with Crippen molar-refractivity contribution in [2.45, 2.75) is 50.8 Å². The molecule has 3 atom stereocenters. The topological polar surface area (TPSA) is 50.1 Å². The molecule has 4 nitrogen and oxygen atoms in total. The van der Waals surface area contributed by atoms with Gasteiger partial charge in [0.25, 0.3) is 0 Å². The summed E-state index contributed by atoms with van der Waals surface area (Å²) >= 11 is 0. The highest BCUT2D eigenvalue weighted by molar-refractivity contribution is 5.35. The zero-order valence-corrected chi connectivity index (χ0v) is 12.4. The normalized spacial score (nSPS) is 23.9. The Hall–Kier alpha value is -1.65. The highest BCUT2D eigenvalue weighted by Crippen LogP contribution is 2.22. The summed E-state index contributed by atoms with van der Waals surface area (Å²) in [5, 5.41) is 13.4. The van der Waals surface area contributed by atoms with Gasteiger partial charge in [-0.15, -0.1) is 0 Å². The van der Waals surface area contributed by atoms with Crippen molar-refractivity contribution in [1.82, 2.24) is 14.9 Å². The third-order valence-corrected chi connectivity index (χ3v) is 4.33. The van der Waals surface area contributed by atoms with Gasteiger partial charge in [-0.1, -0.05) is 12.1 Å². The van der Waals surface area contributed by atoms with E-state index in [1.54, 1.807) is 12.5 Å². The monoisotopic (exact) mass is 285 g/mol. The second-order valence-electron chi connectivity index (χ2n) is 5.97. The van der Waals surface area contributed by atoms with E-state index in [2.05, 4.69) is 41.5 Å². The highest BCUT2D eigenvalue weighted by Gasteiger charge is 2.21. The fourth-order valence-electron chi connectivity index (χ4n) is 3.11. The van der Waals surface area contributed by atoms with Gasteiger partial charge in [0.05, 0.1) is 12.4 Å². The lowest BCUT2D eigenvalue weighted by molar-refractivity contribution is 0.109. The Bertz CT molecular complexity index is 550. The molecule has 0 aliphatic heterocycles. The van der Waals surface area contributed by atoms with E-state index in [0.717, 1.165) is 31.4 Å². The molecule has 1 aliphatic rings. The predicted octanol–water partition coefficient (Wildman–Crippen LogP) is 2.83. The van der Waals surface area contributed by atoms with Gasteiger partial charge in [-0.25, -0.2) is 4.98 Å². The van der Waals surface area contributed by atoms with Crippen LogP contribution in [0.4, 0.5) is 0 Å². The summed E-state index contributed by atoms with van der Waals surface area (Å²) in [5.41, 5.74) is 2.40. The molecule has 1 heterocycles. The van der Waals surface area contributed by atoms with E-state index >= 15 is 0 Å². The molecule has 3 rings (SSSR count). The van der Waals surface area contributed by atoms with Crippen LogP contribution in [-0.4, -0.2) is 26.8 Å². The van der Waals surface area contributed by atoms with Gasteiger partial charge in [-0.05, 0) is 50.3 Å². The largest absolute Gasteiger partial charge is 0.393 e. The minimum Gasteiger partial charge on any atom is -0.393 e. The van der Waals surface area contributed by atoms with E-state index in [-0.39, 0.29) is 6.10 Å². The second-order valence-corrected chi connectivity index (χ2v) is 5.97. The van der Waals surface area contributed by atoms with E-state index in [9.17, 15) is 5.11 Å². The first kappa shape index (κ1) is 14.3. The Morgan fingerprint density at radius 3 is 2.76 bits per heavy atom. The summed E-state index contributed by atoms with van der Waals surface area (Å²) in [7, 11) is 0. The van der Waals surface area contributed by atoms with Crippen LogP contribution in [0.3, 0.4) is 0 Å². The minimum atomic E-state index is -0.132. The van der Waals surface area contributed by atoms with Crippen molar-refractivity contribution in [3.05, 3.63) is 48.5 Å². The Labute approximate surface area is 125 Å². The summed E-state index contributed by atoms with van der Waals surface area (Å²) in [6.07, 6.45) is 9.50. The fourth-order valence-corrected chi connectivity index (χ4v) is 3.11. The van der Waals surface area contributed by atoms with Crippen molar-refractivity contribution in [3.63, 3.8) is 0 Å². The van der Waals surface area contributed by atoms with E-state index in [1.165, 1.54) is 5.56 Å². The van der Waals surface area contributed by atoms with Gasteiger partial charge in [-0.3, -0.25) is 0 Å². The average molecular weight is 285 g/mol. The molecular weight excluding hydrogens is 262 g/mol. The van der Waals surface area contributed by atoms with Crippen molar-refractivity contribution in [3.8, 4) is 5.69 Å². The van der Waals surface area contributed by atoms with Crippen LogP contribution in [0.1, 0.15) is 44.2 Å². The quantitative estimate of drug-likeness (QED) is 0.908. The fraction of sp³-hybridized carbons (Fsp3) is 0.471. The lowest BCUT2D eigenvalue weighted by Gasteiger charge is -2.29. The smallest absolute Gasteiger partial charge is 0.0991 e. The zero-order valence-electron chi connectivity index (χ0n) is 12.4. The average Bonchev–Trinajstić information content (AvgIpc) is 3.01. The van der Waals surface area contributed by atoms with Crippen LogP contribution in [0.5, 0.6) is 0 Å². The van der Waals surface area contributed by atoms with Crippen LogP contribution in [0.25, 0.3) is 5.69 Å². The van der Waals surface area contributed by atoms with E-state index in [4.69, 9.17) is 0 Å². The Morgan fingerprint density at radius 1 is 1.29 bits per heavy atom. The highest BCUT2D eigenvalue weighted by atomic mass is 16.3.